The van der Waals surface area contributed by atoms with Crippen LogP contribution in [0.3, 0.4) is 0 Å². The number of amides is 1. The molecule has 0 bridgehead atoms. The van der Waals surface area contributed by atoms with Gasteiger partial charge in [0.15, 0.2) is 6.61 Å². The molecular weight excluding hydrogens is 451 g/mol. The van der Waals surface area contributed by atoms with Gasteiger partial charge in [-0.15, -0.1) is 0 Å². The quantitative estimate of drug-likeness (QED) is 0.616. The van der Waals surface area contributed by atoms with Crippen molar-refractivity contribution >= 4 is 23.5 Å². The Morgan fingerprint density at radius 2 is 1.88 bits per heavy atom. The van der Waals surface area contributed by atoms with E-state index in [1.54, 1.807) is 17.0 Å². The maximum atomic E-state index is 13.2. The molecule has 3 rings (SSSR count). The molecule has 0 spiro atoms. The minimum Gasteiger partial charge on any atom is -0.495 e. The van der Waals surface area contributed by atoms with Crippen molar-refractivity contribution in [2.45, 2.75) is 38.9 Å². The lowest BCUT2D eigenvalue weighted by molar-refractivity contribution is -0.139. The van der Waals surface area contributed by atoms with Crippen LogP contribution in [0.2, 0.25) is 5.02 Å². The molecule has 2 unspecified atom stereocenters. The maximum absolute atomic E-state index is 13.2. The summed E-state index contributed by atoms with van der Waals surface area (Å²) in [5, 5.41) is 9.58. The number of carboxylic acids is 1. The summed E-state index contributed by atoms with van der Waals surface area (Å²) in [5.41, 5.74) is 0.875. The van der Waals surface area contributed by atoms with Gasteiger partial charge in [-0.2, -0.15) is 0 Å². The number of benzene rings is 2. The number of rotatable bonds is 8. The zero-order valence-electron chi connectivity index (χ0n) is 18.9. The first-order valence-corrected chi connectivity index (χ1v) is 11.1. The van der Waals surface area contributed by atoms with E-state index in [4.69, 9.17) is 21.1 Å². The van der Waals surface area contributed by atoms with Gasteiger partial charge in [0, 0.05) is 37.8 Å². The highest BCUT2D eigenvalue weighted by atomic mass is 35.5. The van der Waals surface area contributed by atoms with Crippen molar-refractivity contribution in [1.29, 1.82) is 0 Å². The van der Waals surface area contributed by atoms with Crippen molar-refractivity contribution in [2.75, 3.05) is 26.8 Å². The Morgan fingerprint density at radius 3 is 2.48 bits per heavy atom. The van der Waals surface area contributed by atoms with E-state index in [1.807, 2.05) is 6.92 Å². The van der Waals surface area contributed by atoms with Gasteiger partial charge in [-0.3, -0.25) is 9.69 Å². The molecule has 1 amide bonds. The number of carbonyl (C=O) groups excluding carboxylic acids is 1. The maximum Gasteiger partial charge on any atom is 0.339 e. The lowest BCUT2D eigenvalue weighted by Crippen LogP contribution is -2.59. The number of ether oxygens (including phenoxy) is 2. The Hall–Kier alpha value is -2.84. The van der Waals surface area contributed by atoms with E-state index < -0.39 is 5.97 Å². The van der Waals surface area contributed by atoms with Gasteiger partial charge >= 0.3 is 5.97 Å². The van der Waals surface area contributed by atoms with Crippen LogP contribution < -0.4 is 9.47 Å². The van der Waals surface area contributed by atoms with E-state index in [9.17, 15) is 19.1 Å². The fourth-order valence-corrected chi connectivity index (χ4v) is 4.30. The number of carbonyl (C=O) groups is 2. The van der Waals surface area contributed by atoms with E-state index >= 15 is 0 Å². The summed E-state index contributed by atoms with van der Waals surface area (Å²) in [7, 11) is 1.41. The van der Waals surface area contributed by atoms with Crippen LogP contribution in [0.4, 0.5) is 4.39 Å². The second-order valence-corrected chi connectivity index (χ2v) is 8.50. The predicted octanol–water partition coefficient (Wildman–Crippen LogP) is 4.08. The molecule has 1 aliphatic heterocycles. The van der Waals surface area contributed by atoms with Crippen LogP contribution >= 0.6 is 11.6 Å². The SMILES string of the molecule is CCC1CN(C(=O)COc2cc(OC)c(Cl)cc2C(=O)O)C(C)CN1Cc1ccc(F)cc1. The van der Waals surface area contributed by atoms with Crippen LogP contribution in [0, 0.1) is 5.82 Å². The third-order valence-electron chi connectivity index (χ3n) is 5.88. The molecule has 33 heavy (non-hydrogen) atoms. The van der Waals surface area contributed by atoms with E-state index in [1.165, 1.54) is 31.4 Å². The minimum absolute atomic E-state index is 0.0201. The minimum atomic E-state index is -1.21. The first-order chi connectivity index (χ1) is 15.7. The highest BCUT2D eigenvalue weighted by Crippen LogP contribution is 2.33. The third-order valence-corrected chi connectivity index (χ3v) is 6.18. The van der Waals surface area contributed by atoms with Gasteiger partial charge in [-0.25, -0.2) is 9.18 Å². The largest absolute Gasteiger partial charge is 0.495 e. The summed E-state index contributed by atoms with van der Waals surface area (Å²) in [6.45, 7) is 5.59. The number of nitrogens with zero attached hydrogens (tertiary/aromatic N) is 2. The Kier molecular flexibility index (Phi) is 8.15. The summed E-state index contributed by atoms with van der Waals surface area (Å²) >= 11 is 6.02. The van der Waals surface area contributed by atoms with Crippen LogP contribution in [-0.4, -0.2) is 65.7 Å². The van der Waals surface area contributed by atoms with Crippen LogP contribution in [-0.2, 0) is 11.3 Å². The lowest BCUT2D eigenvalue weighted by Gasteiger charge is -2.45. The monoisotopic (exact) mass is 478 g/mol. The first-order valence-electron chi connectivity index (χ1n) is 10.7. The summed E-state index contributed by atoms with van der Waals surface area (Å²) in [5.74, 6) is -1.42. The molecule has 2 aromatic carbocycles. The molecule has 0 radical (unpaired) electrons. The summed E-state index contributed by atoms with van der Waals surface area (Å²) in [4.78, 5) is 28.6. The van der Waals surface area contributed by atoms with Crippen molar-refractivity contribution in [3.8, 4) is 11.5 Å². The first kappa shape index (κ1) is 24.8. The summed E-state index contributed by atoms with van der Waals surface area (Å²) in [6.07, 6.45) is 0.843. The number of carboxylic acid groups (broad SMARTS) is 1. The fraction of sp³-hybridized carbons (Fsp3) is 0.417. The van der Waals surface area contributed by atoms with Gasteiger partial charge in [-0.05, 0) is 37.1 Å². The van der Waals surface area contributed by atoms with Crippen molar-refractivity contribution in [3.63, 3.8) is 0 Å². The van der Waals surface area contributed by atoms with Gasteiger partial charge in [0.2, 0.25) is 0 Å². The second-order valence-electron chi connectivity index (χ2n) is 8.09. The smallest absolute Gasteiger partial charge is 0.339 e. The highest BCUT2D eigenvalue weighted by Gasteiger charge is 2.33. The molecule has 9 heteroatoms. The van der Waals surface area contributed by atoms with Gasteiger partial charge in [-0.1, -0.05) is 30.7 Å². The standard InChI is InChI=1S/C24H28ClFN2O5/c1-4-18-13-28(15(2)11-27(18)12-16-5-7-17(26)8-6-16)23(29)14-33-21-10-22(32-3)20(25)9-19(21)24(30)31/h5-10,15,18H,4,11-14H2,1-3H3,(H,30,31). The van der Waals surface area contributed by atoms with Crippen molar-refractivity contribution in [2.24, 2.45) is 0 Å². The lowest BCUT2D eigenvalue weighted by atomic mass is 10.0. The fourth-order valence-electron chi connectivity index (χ4n) is 4.06. The number of piperazine rings is 1. The molecule has 1 saturated heterocycles. The van der Waals surface area contributed by atoms with E-state index in [0.29, 0.717) is 19.6 Å². The number of hydrogen-bond donors (Lipinski definition) is 1. The zero-order valence-corrected chi connectivity index (χ0v) is 19.6. The van der Waals surface area contributed by atoms with Crippen molar-refractivity contribution < 1.29 is 28.6 Å². The molecule has 1 N–H and O–H groups in total. The van der Waals surface area contributed by atoms with Gasteiger partial charge < -0.3 is 19.5 Å². The molecule has 0 saturated carbocycles. The zero-order chi connectivity index (χ0) is 24.1. The molecule has 178 valence electrons. The number of aromatic carboxylic acids is 1. The Balaban J connectivity index is 1.67. The molecule has 2 atom stereocenters. The summed E-state index contributed by atoms with van der Waals surface area (Å²) in [6, 6.07) is 9.15. The van der Waals surface area contributed by atoms with Gasteiger partial charge in [0.1, 0.15) is 22.9 Å². The molecule has 1 fully saturated rings. The molecular formula is C24H28ClFN2O5. The Morgan fingerprint density at radius 1 is 1.18 bits per heavy atom. The number of methoxy groups -OCH3 is 1. The average Bonchev–Trinajstić information content (AvgIpc) is 2.79. The van der Waals surface area contributed by atoms with Crippen LogP contribution in [0.1, 0.15) is 36.2 Å². The van der Waals surface area contributed by atoms with Crippen LogP contribution in [0.25, 0.3) is 0 Å². The molecule has 1 aliphatic rings. The topological polar surface area (TPSA) is 79.3 Å². The molecule has 2 aromatic rings. The number of halogens is 2. The van der Waals surface area contributed by atoms with E-state index in [0.717, 1.165) is 12.0 Å². The molecule has 7 nitrogen and oxygen atoms in total. The van der Waals surface area contributed by atoms with Gasteiger partial charge in [0.05, 0.1) is 12.1 Å². The van der Waals surface area contributed by atoms with Crippen molar-refractivity contribution in [1.82, 2.24) is 9.80 Å². The average molecular weight is 479 g/mol. The van der Waals surface area contributed by atoms with Crippen molar-refractivity contribution in [3.05, 3.63) is 58.4 Å². The van der Waals surface area contributed by atoms with Crippen LogP contribution in [0.5, 0.6) is 11.5 Å². The van der Waals surface area contributed by atoms with E-state index in [-0.39, 0.29) is 52.5 Å². The molecule has 0 aliphatic carbocycles. The number of hydrogen-bond acceptors (Lipinski definition) is 5. The van der Waals surface area contributed by atoms with Crippen LogP contribution in [0.15, 0.2) is 36.4 Å². The molecule has 0 aromatic heterocycles. The second kappa shape index (κ2) is 10.9. The Bertz CT molecular complexity index is 1000. The van der Waals surface area contributed by atoms with Gasteiger partial charge in [0.25, 0.3) is 5.91 Å². The highest BCUT2D eigenvalue weighted by molar-refractivity contribution is 6.32. The Labute approximate surface area is 197 Å². The van der Waals surface area contributed by atoms with E-state index in [2.05, 4.69) is 11.8 Å². The molecule has 1 heterocycles. The normalized spacial score (nSPS) is 18.8. The third kappa shape index (κ3) is 5.94. The predicted molar refractivity (Wildman–Crippen MR) is 123 cm³/mol. The summed E-state index contributed by atoms with van der Waals surface area (Å²) < 4.78 is 24.0.